The number of halogens is 1. The van der Waals surface area contributed by atoms with Crippen LogP contribution < -0.4 is 5.73 Å². The first-order valence-electron chi connectivity index (χ1n) is 6.67. The highest BCUT2D eigenvalue weighted by molar-refractivity contribution is 8.00. The number of hydrogen-bond donors (Lipinski definition) is 1. The van der Waals surface area contributed by atoms with Gasteiger partial charge in [-0.3, -0.25) is 4.79 Å². The summed E-state index contributed by atoms with van der Waals surface area (Å²) >= 11 is 3.50. The number of nitrogens with zero attached hydrogens (tertiary/aromatic N) is 2. The maximum Gasteiger partial charge on any atom is 0.273 e. The predicted molar refractivity (Wildman–Crippen MR) is 89.1 cm³/mol. The van der Waals surface area contributed by atoms with Gasteiger partial charge in [-0.2, -0.15) is 11.8 Å². The average Bonchev–Trinajstić information content (AvgIpc) is 2.87. The van der Waals surface area contributed by atoms with Gasteiger partial charge >= 0.3 is 0 Å². The van der Waals surface area contributed by atoms with E-state index in [-0.39, 0.29) is 18.3 Å². The summed E-state index contributed by atoms with van der Waals surface area (Å²) < 4.78 is 0. The molecule has 7 heteroatoms. The Balaban J connectivity index is 0.00000200. The lowest BCUT2D eigenvalue weighted by atomic mass is 10.1. The van der Waals surface area contributed by atoms with E-state index in [2.05, 4.69) is 18.8 Å². The molecule has 1 fully saturated rings. The van der Waals surface area contributed by atoms with E-state index in [4.69, 9.17) is 5.73 Å². The fourth-order valence-electron chi connectivity index (χ4n) is 2.07. The van der Waals surface area contributed by atoms with Crippen LogP contribution in [-0.4, -0.2) is 46.4 Å². The van der Waals surface area contributed by atoms with Gasteiger partial charge in [-0.1, -0.05) is 13.8 Å². The second kappa shape index (κ2) is 8.22. The summed E-state index contributed by atoms with van der Waals surface area (Å²) in [6.45, 7) is 6.68. The molecule has 4 nitrogen and oxygen atoms in total. The molecule has 2 heterocycles. The summed E-state index contributed by atoms with van der Waals surface area (Å²) in [6, 6.07) is 0. The molecule has 0 saturated carbocycles. The van der Waals surface area contributed by atoms with Crippen LogP contribution in [-0.2, 0) is 6.42 Å². The second-order valence-corrected chi connectivity index (χ2v) is 7.36. The Morgan fingerprint density at radius 2 is 2.35 bits per heavy atom. The Labute approximate surface area is 134 Å². The lowest BCUT2D eigenvalue weighted by molar-refractivity contribution is 0.0751. The summed E-state index contributed by atoms with van der Waals surface area (Å²) in [5, 5.41) is 3.36. The van der Waals surface area contributed by atoms with Crippen molar-refractivity contribution >= 4 is 41.4 Å². The fraction of sp³-hybridized carbons (Fsp3) is 0.692. The van der Waals surface area contributed by atoms with Crippen molar-refractivity contribution < 1.29 is 4.79 Å². The van der Waals surface area contributed by atoms with Crippen LogP contribution in [0.15, 0.2) is 5.38 Å². The van der Waals surface area contributed by atoms with Crippen LogP contribution in [0.4, 0.5) is 0 Å². The minimum Gasteiger partial charge on any atom is -0.335 e. The number of nitrogens with two attached hydrogens (primary N) is 1. The standard InChI is InChI=1S/C13H21N3OS2.ClH/c1-9(2)11-7-16(5-6-18-11)13(17)10-8-19-12(15-10)3-4-14;/h8-9,11H,3-7,14H2,1-2H3;1H. The Morgan fingerprint density at radius 3 is 3.00 bits per heavy atom. The topological polar surface area (TPSA) is 59.2 Å². The number of carbonyl (C=O) groups is 1. The van der Waals surface area contributed by atoms with Crippen molar-refractivity contribution in [2.24, 2.45) is 11.7 Å². The summed E-state index contributed by atoms with van der Waals surface area (Å²) in [5.74, 6) is 1.70. The van der Waals surface area contributed by atoms with Gasteiger partial charge in [0.15, 0.2) is 0 Å². The Bertz CT molecular complexity index is 439. The van der Waals surface area contributed by atoms with E-state index in [9.17, 15) is 4.79 Å². The summed E-state index contributed by atoms with van der Waals surface area (Å²) in [6.07, 6.45) is 0.752. The third-order valence-corrected chi connectivity index (χ3v) is 5.70. The molecular formula is C13H22ClN3OS2. The molecule has 1 aliphatic rings. The summed E-state index contributed by atoms with van der Waals surface area (Å²) in [4.78, 5) is 18.7. The molecule has 0 spiro atoms. The van der Waals surface area contributed by atoms with Crippen LogP contribution in [0, 0.1) is 5.92 Å². The van der Waals surface area contributed by atoms with Crippen molar-refractivity contribution in [1.82, 2.24) is 9.88 Å². The van der Waals surface area contributed by atoms with Crippen molar-refractivity contribution in [2.75, 3.05) is 25.4 Å². The SMILES string of the molecule is CC(C)C1CN(C(=O)c2csc(CCN)n2)CCS1.Cl. The molecule has 1 atom stereocenters. The lowest BCUT2D eigenvalue weighted by Gasteiger charge is -2.34. The highest BCUT2D eigenvalue weighted by Gasteiger charge is 2.27. The minimum absolute atomic E-state index is 0. The van der Waals surface area contributed by atoms with E-state index >= 15 is 0 Å². The van der Waals surface area contributed by atoms with Gasteiger partial charge in [0.2, 0.25) is 0 Å². The number of carbonyl (C=O) groups excluding carboxylic acids is 1. The van der Waals surface area contributed by atoms with Gasteiger partial charge in [-0.05, 0) is 12.5 Å². The van der Waals surface area contributed by atoms with Crippen molar-refractivity contribution in [3.05, 3.63) is 16.1 Å². The van der Waals surface area contributed by atoms with Crippen LogP contribution in [0.2, 0.25) is 0 Å². The third-order valence-electron chi connectivity index (χ3n) is 3.25. The van der Waals surface area contributed by atoms with Crippen LogP contribution in [0.1, 0.15) is 29.3 Å². The smallest absolute Gasteiger partial charge is 0.273 e. The third kappa shape index (κ3) is 4.35. The molecule has 114 valence electrons. The Kier molecular flexibility index (Phi) is 7.29. The molecule has 1 aromatic heterocycles. The van der Waals surface area contributed by atoms with Gasteiger partial charge in [-0.15, -0.1) is 23.7 Å². The van der Waals surface area contributed by atoms with E-state index in [0.717, 1.165) is 30.3 Å². The van der Waals surface area contributed by atoms with Crippen LogP contribution in [0.5, 0.6) is 0 Å². The molecule has 1 aromatic rings. The number of aromatic nitrogens is 1. The zero-order valence-corrected chi connectivity index (χ0v) is 14.3. The number of amides is 1. The van der Waals surface area contributed by atoms with Gasteiger partial charge in [-0.25, -0.2) is 4.98 Å². The first-order chi connectivity index (χ1) is 9.11. The Hall–Kier alpha value is -0.300. The molecular weight excluding hydrogens is 314 g/mol. The summed E-state index contributed by atoms with van der Waals surface area (Å²) in [5.41, 5.74) is 6.09. The van der Waals surface area contributed by atoms with E-state index < -0.39 is 0 Å². The maximum atomic E-state index is 12.4. The molecule has 0 aromatic carbocycles. The minimum atomic E-state index is 0. The quantitative estimate of drug-likeness (QED) is 0.917. The van der Waals surface area contributed by atoms with Crippen LogP contribution in [0.3, 0.4) is 0 Å². The largest absolute Gasteiger partial charge is 0.335 e. The van der Waals surface area contributed by atoms with Gasteiger partial charge < -0.3 is 10.6 Å². The maximum absolute atomic E-state index is 12.4. The first kappa shape index (κ1) is 17.8. The first-order valence-corrected chi connectivity index (χ1v) is 8.60. The molecule has 2 rings (SSSR count). The second-order valence-electron chi connectivity index (χ2n) is 5.07. The molecule has 1 unspecified atom stereocenters. The number of thiazole rings is 1. The van der Waals surface area contributed by atoms with Crippen molar-refractivity contribution in [1.29, 1.82) is 0 Å². The van der Waals surface area contributed by atoms with Crippen molar-refractivity contribution in [2.45, 2.75) is 25.5 Å². The lowest BCUT2D eigenvalue weighted by Crippen LogP contribution is -2.43. The molecule has 2 N–H and O–H groups in total. The average molecular weight is 336 g/mol. The highest BCUT2D eigenvalue weighted by atomic mass is 35.5. The summed E-state index contributed by atoms with van der Waals surface area (Å²) in [7, 11) is 0. The van der Waals surface area contributed by atoms with Gasteiger partial charge in [0, 0.05) is 35.9 Å². The fourth-order valence-corrected chi connectivity index (χ4v) is 4.16. The molecule has 1 amide bonds. The number of hydrogen-bond acceptors (Lipinski definition) is 5. The zero-order chi connectivity index (χ0) is 13.8. The molecule has 0 aliphatic carbocycles. The monoisotopic (exact) mass is 335 g/mol. The van der Waals surface area contributed by atoms with Crippen LogP contribution >= 0.6 is 35.5 Å². The van der Waals surface area contributed by atoms with E-state index in [1.165, 1.54) is 11.3 Å². The normalized spacial score (nSPS) is 19.0. The molecule has 20 heavy (non-hydrogen) atoms. The predicted octanol–water partition coefficient (Wildman–Crippen LogP) is 2.28. The molecule has 0 bridgehead atoms. The van der Waals surface area contributed by atoms with Crippen molar-refractivity contribution in [3.63, 3.8) is 0 Å². The van der Waals surface area contributed by atoms with Gasteiger partial charge in [0.05, 0.1) is 5.01 Å². The Morgan fingerprint density at radius 1 is 1.60 bits per heavy atom. The van der Waals surface area contributed by atoms with E-state index in [1.807, 2.05) is 22.0 Å². The van der Waals surface area contributed by atoms with Crippen LogP contribution in [0.25, 0.3) is 0 Å². The van der Waals surface area contributed by atoms with Gasteiger partial charge in [0.1, 0.15) is 5.69 Å². The van der Waals surface area contributed by atoms with E-state index in [0.29, 0.717) is 23.4 Å². The number of rotatable bonds is 4. The van der Waals surface area contributed by atoms with Crippen molar-refractivity contribution in [3.8, 4) is 0 Å². The molecule has 0 radical (unpaired) electrons. The van der Waals surface area contributed by atoms with Gasteiger partial charge in [0.25, 0.3) is 5.91 Å². The highest BCUT2D eigenvalue weighted by Crippen LogP contribution is 2.26. The zero-order valence-electron chi connectivity index (χ0n) is 11.9. The number of thioether (sulfide) groups is 1. The molecule has 1 aliphatic heterocycles. The molecule has 1 saturated heterocycles. The van der Waals surface area contributed by atoms with E-state index in [1.54, 1.807) is 0 Å².